The van der Waals surface area contributed by atoms with Crippen LogP contribution in [0.3, 0.4) is 0 Å². The molecule has 1 saturated heterocycles. The Balaban J connectivity index is 1.80. The molecule has 0 saturated carbocycles. The summed E-state index contributed by atoms with van der Waals surface area (Å²) in [6.07, 6.45) is 3.64. The van der Waals surface area contributed by atoms with Crippen molar-refractivity contribution in [3.05, 3.63) is 24.3 Å². The number of nitrogens with one attached hydrogen (secondary N) is 1. The first-order chi connectivity index (χ1) is 9.29. The van der Waals surface area contributed by atoms with Crippen LogP contribution in [-0.2, 0) is 9.53 Å². The van der Waals surface area contributed by atoms with Gasteiger partial charge in [0.25, 0.3) is 0 Å². The molecule has 1 aliphatic rings. The summed E-state index contributed by atoms with van der Waals surface area (Å²) in [5, 5.41) is 2.91. The van der Waals surface area contributed by atoms with Crippen molar-refractivity contribution in [3.63, 3.8) is 0 Å². The molecule has 1 aromatic rings. The van der Waals surface area contributed by atoms with Crippen molar-refractivity contribution >= 4 is 11.6 Å². The molecule has 4 nitrogen and oxygen atoms in total. The Morgan fingerprint density at radius 3 is 2.84 bits per heavy atom. The van der Waals surface area contributed by atoms with E-state index in [2.05, 4.69) is 5.32 Å². The van der Waals surface area contributed by atoms with E-state index in [4.69, 9.17) is 9.47 Å². The van der Waals surface area contributed by atoms with Crippen LogP contribution in [0.15, 0.2) is 24.3 Å². The van der Waals surface area contributed by atoms with E-state index in [1.807, 2.05) is 24.3 Å². The second kappa shape index (κ2) is 7.14. The minimum Gasteiger partial charge on any atom is -0.495 e. The standard InChI is InChI=1S/C15H21NO3/c1-18-14-5-3-2-4-13(14)16-15(17)7-6-12-8-10-19-11-9-12/h2-5,12H,6-11H2,1H3,(H,16,17). The summed E-state index contributed by atoms with van der Waals surface area (Å²) in [7, 11) is 1.60. The van der Waals surface area contributed by atoms with E-state index in [0.717, 1.165) is 38.2 Å². The van der Waals surface area contributed by atoms with E-state index in [0.29, 0.717) is 18.1 Å². The lowest BCUT2D eigenvalue weighted by Gasteiger charge is -2.21. The van der Waals surface area contributed by atoms with Crippen LogP contribution in [0.4, 0.5) is 5.69 Å². The number of anilines is 1. The second-order valence-electron chi connectivity index (χ2n) is 4.84. The SMILES string of the molecule is COc1ccccc1NC(=O)CCC1CCOCC1. The van der Waals surface area contributed by atoms with Crippen molar-refractivity contribution < 1.29 is 14.3 Å². The van der Waals surface area contributed by atoms with Crippen molar-refractivity contribution in [1.82, 2.24) is 0 Å². The van der Waals surface area contributed by atoms with Crippen molar-refractivity contribution in [2.75, 3.05) is 25.6 Å². The molecule has 1 fully saturated rings. The molecule has 1 N–H and O–H groups in total. The van der Waals surface area contributed by atoms with Crippen LogP contribution < -0.4 is 10.1 Å². The molecule has 0 atom stereocenters. The van der Waals surface area contributed by atoms with Gasteiger partial charge in [-0.3, -0.25) is 4.79 Å². The lowest BCUT2D eigenvalue weighted by molar-refractivity contribution is -0.116. The molecule has 1 aromatic carbocycles. The van der Waals surface area contributed by atoms with E-state index in [-0.39, 0.29) is 5.91 Å². The van der Waals surface area contributed by atoms with Crippen molar-refractivity contribution in [1.29, 1.82) is 0 Å². The number of carbonyl (C=O) groups is 1. The van der Waals surface area contributed by atoms with Crippen LogP contribution in [0.25, 0.3) is 0 Å². The second-order valence-corrected chi connectivity index (χ2v) is 4.84. The fourth-order valence-electron chi connectivity index (χ4n) is 2.33. The predicted octanol–water partition coefficient (Wildman–Crippen LogP) is 2.84. The first-order valence-electron chi connectivity index (χ1n) is 6.80. The number of ether oxygens (including phenoxy) is 2. The maximum atomic E-state index is 11.9. The summed E-state index contributed by atoms with van der Waals surface area (Å²) >= 11 is 0. The van der Waals surface area contributed by atoms with Gasteiger partial charge < -0.3 is 14.8 Å². The third-order valence-corrected chi connectivity index (χ3v) is 3.50. The molecule has 2 rings (SSSR count). The fourth-order valence-corrected chi connectivity index (χ4v) is 2.33. The number of para-hydroxylation sites is 2. The van der Waals surface area contributed by atoms with E-state index in [1.54, 1.807) is 7.11 Å². The highest BCUT2D eigenvalue weighted by atomic mass is 16.5. The topological polar surface area (TPSA) is 47.6 Å². The highest BCUT2D eigenvalue weighted by Crippen LogP contribution is 2.24. The Bertz CT molecular complexity index is 414. The fraction of sp³-hybridized carbons (Fsp3) is 0.533. The molecule has 0 unspecified atom stereocenters. The van der Waals surface area contributed by atoms with E-state index in [1.165, 1.54) is 0 Å². The highest BCUT2D eigenvalue weighted by molar-refractivity contribution is 5.92. The van der Waals surface area contributed by atoms with Gasteiger partial charge >= 0.3 is 0 Å². The summed E-state index contributed by atoms with van der Waals surface area (Å²) < 4.78 is 10.5. The van der Waals surface area contributed by atoms with Gasteiger partial charge in [0.05, 0.1) is 12.8 Å². The zero-order valence-corrected chi connectivity index (χ0v) is 11.4. The van der Waals surface area contributed by atoms with Gasteiger partial charge in [0.15, 0.2) is 0 Å². The van der Waals surface area contributed by atoms with Gasteiger partial charge in [0, 0.05) is 19.6 Å². The van der Waals surface area contributed by atoms with Crippen LogP contribution in [0, 0.1) is 5.92 Å². The van der Waals surface area contributed by atoms with Crippen LogP contribution in [0.1, 0.15) is 25.7 Å². The number of rotatable bonds is 5. The van der Waals surface area contributed by atoms with E-state index < -0.39 is 0 Å². The van der Waals surface area contributed by atoms with Gasteiger partial charge in [-0.1, -0.05) is 12.1 Å². The average molecular weight is 263 g/mol. The quantitative estimate of drug-likeness (QED) is 0.888. The lowest BCUT2D eigenvalue weighted by atomic mass is 9.95. The number of methoxy groups -OCH3 is 1. The zero-order valence-electron chi connectivity index (χ0n) is 11.4. The van der Waals surface area contributed by atoms with Crippen LogP contribution >= 0.6 is 0 Å². The summed E-state index contributed by atoms with van der Waals surface area (Å²) in [5.74, 6) is 1.37. The number of carbonyl (C=O) groups excluding carboxylic acids is 1. The maximum absolute atomic E-state index is 11.9. The highest BCUT2D eigenvalue weighted by Gasteiger charge is 2.15. The smallest absolute Gasteiger partial charge is 0.224 e. The van der Waals surface area contributed by atoms with Gasteiger partial charge in [-0.05, 0) is 37.3 Å². The molecule has 0 aliphatic carbocycles. The Labute approximate surface area is 114 Å². The summed E-state index contributed by atoms with van der Waals surface area (Å²) in [5.41, 5.74) is 0.738. The molecular formula is C15H21NO3. The molecule has 1 aliphatic heterocycles. The Kier molecular flexibility index (Phi) is 5.21. The molecule has 104 valence electrons. The first-order valence-corrected chi connectivity index (χ1v) is 6.80. The number of hydrogen-bond donors (Lipinski definition) is 1. The summed E-state index contributed by atoms with van der Waals surface area (Å²) in [6.45, 7) is 1.66. The van der Waals surface area contributed by atoms with Crippen LogP contribution in [0.5, 0.6) is 5.75 Å². The van der Waals surface area contributed by atoms with Crippen molar-refractivity contribution in [2.45, 2.75) is 25.7 Å². The summed E-state index contributed by atoms with van der Waals surface area (Å²) in [6, 6.07) is 7.46. The van der Waals surface area contributed by atoms with Gasteiger partial charge in [-0.25, -0.2) is 0 Å². The maximum Gasteiger partial charge on any atom is 0.224 e. The average Bonchev–Trinajstić information content (AvgIpc) is 2.47. The molecule has 0 spiro atoms. The minimum absolute atomic E-state index is 0.0518. The molecule has 0 aromatic heterocycles. The first kappa shape index (κ1) is 13.9. The Morgan fingerprint density at radius 1 is 1.37 bits per heavy atom. The molecule has 19 heavy (non-hydrogen) atoms. The van der Waals surface area contributed by atoms with Gasteiger partial charge in [-0.15, -0.1) is 0 Å². The third-order valence-electron chi connectivity index (χ3n) is 3.50. The van der Waals surface area contributed by atoms with E-state index >= 15 is 0 Å². The van der Waals surface area contributed by atoms with Crippen molar-refractivity contribution in [3.8, 4) is 5.75 Å². The number of hydrogen-bond acceptors (Lipinski definition) is 3. The van der Waals surface area contributed by atoms with Gasteiger partial charge in [0.2, 0.25) is 5.91 Å². The Morgan fingerprint density at radius 2 is 2.11 bits per heavy atom. The molecule has 1 heterocycles. The van der Waals surface area contributed by atoms with E-state index in [9.17, 15) is 4.79 Å². The predicted molar refractivity (Wildman–Crippen MR) is 74.4 cm³/mol. The van der Waals surface area contributed by atoms with Gasteiger partial charge in [0.1, 0.15) is 5.75 Å². The largest absolute Gasteiger partial charge is 0.495 e. The lowest BCUT2D eigenvalue weighted by Crippen LogP contribution is -2.19. The molecule has 0 bridgehead atoms. The number of amides is 1. The Hall–Kier alpha value is -1.55. The molecule has 4 heteroatoms. The minimum atomic E-state index is 0.0518. The monoisotopic (exact) mass is 263 g/mol. The van der Waals surface area contributed by atoms with Gasteiger partial charge in [-0.2, -0.15) is 0 Å². The number of benzene rings is 1. The third kappa shape index (κ3) is 4.24. The normalized spacial score (nSPS) is 16.1. The molecule has 0 radical (unpaired) electrons. The summed E-state index contributed by atoms with van der Waals surface area (Å²) in [4.78, 5) is 11.9. The molecule has 1 amide bonds. The zero-order chi connectivity index (χ0) is 13.5. The van der Waals surface area contributed by atoms with Crippen molar-refractivity contribution in [2.24, 2.45) is 5.92 Å². The van der Waals surface area contributed by atoms with Crippen LogP contribution in [0.2, 0.25) is 0 Å². The van der Waals surface area contributed by atoms with Crippen LogP contribution in [-0.4, -0.2) is 26.2 Å². The molecular weight excluding hydrogens is 242 g/mol.